The molecule has 0 amide bonds. The Morgan fingerprint density at radius 1 is 1.14 bits per heavy atom. The van der Waals surface area contributed by atoms with E-state index in [1.54, 1.807) is 31.2 Å². The Hall–Kier alpha value is -2.76. The molecule has 0 atom stereocenters. The molecular weight excluding hydrogens is 405 g/mol. The Morgan fingerprint density at radius 2 is 1.79 bits per heavy atom. The van der Waals surface area contributed by atoms with Gasteiger partial charge in [0.15, 0.2) is 5.96 Å². The van der Waals surface area contributed by atoms with E-state index in [1.807, 2.05) is 0 Å². The third-order valence-corrected chi connectivity index (χ3v) is 4.52. The SMILES string of the molecule is Cc1cc(N=C(N)N=C(N)N)cc(C(F)(F)F)c1-c1ccc(SNCCO)cc1. The van der Waals surface area contributed by atoms with Crippen molar-refractivity contribution in [2.75, 3.05) is 13.2 Å². The molecule has 0 radical (unpaired) electrons. The Balaban J connectivity index is 2.48. The highest BCUT2D eigenvalue weighted by Gasteiger charge is 2.35. The number of hydrogen-bond acceptors (Lipinski definition) is 4. The lowest BCUT2D eigenvalue weighted by molar-refractivity contribution is -0.137. The maximum Gasteiger partial charge on any atom is 0.417 e. The lowest BCUT2D eigenvalue weighted by Crippen LogP contribution is -2.26. The molecule has 156 valence electrons. The monoisotopic (exact) mass is 426 g/mol. The van der Waals surface area contributed by atoms with Gasteiger partial charge in [0.05, 0.1) is 17.9 Å². The van der Waals surface area contributed by atoms with E-state index in [1.165, 1.54) is 18.0 Å². The second-order valence-corrected chi connectivity index (χ2v) is 6.90. The number of nitrogens with two attached hydrogens (primary N) is 3. The van der Waals surface area contributed by atoms with Gasteiger partial charge in [-0.15, -0.1) is 0 Å². The van der Waals surface area contributed by atoms with E-state index in [0.717, 1.165) is 11.0 Å². The third kappa shape index (κ3) is 6.38. The van der Waals surface area contributed by atoms with Gasteiger partial charge in [-0.05, 0) is 59.8 Å². The first-order valence-corrected chi connectivity index (χ1v) is 9.20. The summed E-state index contributed by atoms with van der Waals surface area (Å²) in [4.78, 5) is 8.15. The first kappa shape index (κ1) is 22.5. The summed E-state index contributed by atoms with van der Waals surface area (Å²) in [6.07, 6.45) is -4.60. The highest BCUT2D eigenvalue weighted by molar-refractivity contribution is 7.97. The van der Waals surface area contributed by atoms with Gasteiger partial charge in [-0.25, -0.2) is 4.99 Å². The maximum absolute atomic E-state index is 13.7. The molecule has 2 aromatic carbocycles. The Labute approximate surface area is 170 Å². The lowest BCUT2D eigenvalue weighted by atomic mass is 9.94. The van der Waals surface area contributed by atoms with Crippen LogP contribution in [0.15, 0.2) is 51.3 Å². The van der Waals surface area contributed by atoms with Gasteiger partial charge < -0.3 is 22.3 Å². The standard InChI is InChI=1S/C18H21F3N6OS/c1-10-8-12(26-17(24)27-16(22)23)9-14(18(19,20)21)15(10)11-2-4-13(5-3-11)29-25-6-7-28/h2-5,8-9,25,28H,6-7H2,1H3,(H6,22,23,24,26,27). The van der Waals surface area contributed by atoms with Gasteiger partial charge in [-0.3, -0.25) is 4.72 Å². The highest BCUT2D eigenvalue weighted by Crippen LogP contribution is 2.41. The molecular formula is C18H21F3N6OS. The van der Waals surface area contributed by atoms with Crippen molar-refractivity contribution in [2.24, 2.45) is 27.2 Å². The summed E-state index contributed by atoms with van der Waals surface area (Å²) < 4.78 is 44.2. The van der Waals surface area contributed by atoms with Crippen molar-refractivity contribution in [1.82, 2.24) is 4.72 Å². The number of rotatable bonds is 6. The van der Waals surface area contributed by atoms with Crippen molar-refractivity contribution >= 4 is 29.6 Å². The van der Waals surface area contributed by atoms with Crippen molar-refractivity contribution in [3.05, 3.63) is 47.5 Å². The van der Waals surface area contributed by atoms with E-state index >= 15 is 0 Å². The van der Waals surface area contributed by atoms with Crippen LogP contribution in [0.5, 0.6) is 0 Å². The average Bonchev–Trinajstić information content (AvgIpc) is 2.61. The first-order chi connectivity index (χ1) is 13.6. The molecule has 2 rings (SSSR count). The normalized spacial score (nSPS) is 12.1. The third-order valence-electron chi connectivity index (χ3n) is 3.66. The van der Waals surface area contributed by atoms with Crippen LogP contribution in [-0.4, -0.2) is 30.2 Å². The smallest absolute Gasteiger partial charge is 0.395 e. The number of aliphatic hydroxyl groups excluding tert-OH is 1. The number of aryl methyl sites for hydroxylation is 1. The molecule has 7 nitrogen and oxygen atoms in total. The molecule has 0 saturated carbocycles. The minimum Gasteiger partial charge on any atom is -0.395 e. The fourth-order valence-electron chi connectivity index (χ4n) is 2.60. The molecule has 11 heteroatoms. The summed E-state index contributed by atoms with van der Waals surface area (Å²) in [6, 6.07) is 9.00. The van der Waals surface area contributed by atoms with Crippen LogP contribution in [-0.2, 0) is 6.18 Å². The number of aliphatic imine (C=N–C) groups is 2. The Bertz CT molecular complexity index is 909. The fraction of sp³-hybridized carbons (Fsp3) is 0.222. The molecule has 0 aliphatic carbocycles. The zero-order chi connectivity index (χ0) is 21.6. The fourth-order valence-corrected chi connectivity index (χ4v) is 3.23. The molecule has 0 aliphatic rings. The zero-order valence-electron chi connectivity index (χ0n) is 15.5. The summed E-state index contributed by atoms with van der Waals surface area (Å²) in [5.74, 6) is -0.691. The molecule has 8 N–H and O–H groups in total. The van der Waals surface area contributed by atoms with Crippen molar-refractivity contribution in [2.45, 2.75) is 18.0 Å². The second kappa shape index (κ2) is 9.63. The average molecular weight is 426 g/mol. The lowest BCUT2D eigenvalue weighted by Gasteiger charge is -2.17. The highest BCUT2D eigenvalue weighted by atomic mass is 32.2. The maximum atomic E-state index is 13.7. The molecule has 0 unspecified atom stereocenters. The van der Waals surface area contributed by atoms with Gasteiger partial charge in [-0.1, -0.05) is 12.1 Å². The first-order valence-electron chi connectivity index (χ1n) is 8.38. The van der Waals surface area contributed by atoms with E-state index in [0.29, 0.717) is 17.7 Å². The summed E-state index contributed by atoms with van der Waals surface area (Å²) in [6.45, 7) is 1.95. The van der Waals surface area contributed by atoms with Crippen LogP contribution < -0.4 is 21.9 Å². The molecule has 0 bridgehead atoms. The van der Waals surface area contributed by atoms with Crippen molar-refractivity contribution < 1.29 is 18.3 Å². The molecule has 0 aromatic heterocycles. The minimum absolute atomic E-state index is 0.0122. The van der Waals surface area contributed by atoms with Crippen LogP contribution >= 0.6 is 11.9 Å². The van der Waals surface area contributed by atoms with E-state index in [-0.39, 0.29) is 29.8 Å². The van der Waals surface area contributed by atoms with Crippen molar-refractivity contribution in [1.29, 1.82) is 0 Å². The number of benzene rings is 2. The predicted octanol–water partition coefficient (Wildman–Crippen LogP) is 2.49. The largest absolute Gasteiger partial charge is 0.417 e. The van der Waals surface area contributed by atoms with Crippen molar-refractivity contribution in [3.8, 4) is 11.1 Å². The van der Waals surface area contributed by atoms with Crippen LogP contribution in [0.3, 0.4) is 0 Å². The molecule has 0 saturated heterocycles. The zero-order valence-corrected chi connectivity index (χ0v) is 16.3. The molecule has 0 fully saturated rings. The molecule has 0 aliphatic heterocycles. The molecule has 29 heavy (non-hydrogen) atoms. The summed E-state index contributed by atoms with van der Waals surface area (Å²) in [5.41, 5.74) is 15.9. The predicted molar refractivity (Wildman–Crippen MR) is 110 cm³/mol. The van der Waals surface area contributed by atoms with E-state index < -0.39 is 11.7 Å². The molecule has 0 spiro atoms. The van der Waals surface area contributed by atoms with Crippen LogP contribution in [0.2, 0.25) is 0 Å². The number of nitrogens with zero attached hydrogens (tertiary/aromatic N) is 2. The summed E-state index contributed by atoms with van der Waals surface area (Å²) in [7, 11) is 0. The number of hydrogen-bond donors (Lipinski definition) is 5. The van der Waals surface area contributed by atoms with Gasteiger partial charge in [0.1, 0.15) is 0 Å². The van der Waals surface area contributed by atoms with E-state index in [2.05, 4.69) is 14.7 Å². The molecule has 0 heterocycles. The topological polar surface area (TPSA) is 135 Å². The number of aliphatic hydroxyl groups is 1. The van der Waals surface area contributed by atoms with E-state index in [4.69, 9.17) is 22.3 Å². The van der Waals surface area contributed by atoms with Crippen molar-refractivity contribution in [3.63, 3.8) is 0 Å². The van der Waals surface area contributed by atoms with Gasteiger partial charge in [0.2, 0.25) is 5.96 Å². The van der Waals surface area contributed by atoms with Crippen LogP contribution in [0.25, 0.3) is 11.1 Å². The number of halogens is 3. The van der Waals surface area contributed by atoms with E-state index in [9.17, 15) is 13.2 Å². The number of guanidine groups is 2. The molecule has 2 aromatic rings. The van der Waals surface area contributed by atoms with Gasteiger partial charge in [-0.2, -0.15) is 18.2 Å². The van der Waals surface area contributed by atoms with Crippen LogP contribution in [0, 0.1) is 6.92 Å². The summed E-state index contributed by atoms with van der Waals surface area (Å²) in [5, 5.41) is 8.78. The number of alkyl halides is 3. The van der Waals surface area contributed by atoms with Gasteiger partial charge in [0, 0.05) is 11.4 Å². The van der Waals surface area contributed by atoms with Crippen LogP contribution in [0.1, 0.15) is 11.1 Å². The summed E-state index contributed by atoms with van der Waals surface area (Å²) >= 11 is 1.28. The quantitative estimate of drug-likeness (QED) is 0.208. The Kier molecular flexibility index (Phi) is 7.48. The Morgan fingerprint density at radius 3 is 2.34 bits per heavy atom. The number of nitrogens with one attached hydrogen (secondary N) is 1. The minimum atomic E-state index is -4.60. The van der Waals surface area contributed by atoms with Gasteiger partial charge >= 0.3 is 6.18 Å². The second-order valence-electron chi connectivity index (χ2n) is 5.93. The van der Waals surface area contributed by atoms with Gasteiger partial charge in [0.25, 0.3) is 0 Å². The van der Waals surface area contributed by atoms with Crippen LogP contribution in [0.4, 0.5) is 18.9 Å².